The van der Waals surface area contributed by atoms with Gasteiger partial charge >= 0.3 is 0 Å². The van der Waals surface area contributed by atoms with Gasteiger partial charge in [-0.2, -0.15) is 0 Å². The van der Waals surface area contributed by atoms with E-state index in [9.17, 15) is 15.3 Å². The highest BCUT2D eigenvalue weighted by Gasteiger charge is 2.51. The van der Waals surface area contributed by atoms with Crippen molar-refractivity contribution in [1.29, 1.82) is 0 Å². The molecule has 3 fully saturated rings. The smallest absolute Gasteiger partial charge is 0.131 e. The molecule has 3 N–H and O–H groups in total. The van der Waals surface area contributed by atoms with E-state index in [4.69, 9.17) is 4.74 Å². The molecule has 4 aliphatic heterocycles. The molecule has 2 bridgehead atoms. The minimum absolute atomic E-state index is 0.158. The summed E-state index contributed by atoms with van der Waals surface area (Å²) in [4.78, 5) is 5.24. The van der Waals surface area contributed by atoms with Crippen LogP contribution in [0, 0.1) is 5.41 Å². The minimum atomic E-state index is -0.822. The van der Waals surface area contributed by atoms with Crippen molar-refractivity contribution in [3.05, 3.63) is 47.5 Å². The lowest BCUT2D eigenvalue weighted by Crippen LogP contribution is -2.67. The number of ether oxygens (including phenoxy) is 1. The van der Waals surface area contributed by atoms with Gasteiger partial charge in [-0.25, -0.2) is 0 Å². The predicted octanol–water partition coefficient (Wildman–Crippen LogP) is 6.05. The number of hydrogen-bond donors (Lipinski definition) is 3. The Balaban J connectivity index is 1.36. The Hall–Kier alpha value is -1.97. The number of fused-ring (bicyclic) bond motifs is 4. The van der Waals surface area contributed by atoms with Crippen molar-refractivity contribution in [2.45, 2.75) is 87.6 Å². The number of anilines is 1. The third-order valence-electron chi connectivity index (χ3n) is 10.8. The van der Waals surface area contributed by atoms with Gasteiger partial charge in [0.05, 0.1) is 43.8 Å². The monoisotopic (exact) mass is 626 g/mol. The molecule has 44 heavy (non-hydrogen) atoms. The highest BCUT2D eigenvalue weighted by molar-refractivity contribution is 8.00. The molecule has 0 amide bonds. The minimum Gasteiger partial charge on any atom is -0.507 e. The first kappa shape index (κ1) is 33.4. The van der Waals surface area contributed by atoms with Crippen LogP contribution < -0.4 is 9.64 Å². The lowest BCUT2D eigenvalue weighted by atomic mass is 9.67. The first-order valence-electron chi connectivity index (χ1n) is 17.1. The molecule has 0 aromatic heterocycles. The summed E-state index contributed by atoms with van der Waals surface area (Å²) in [6.45, 7) is 14.0. The SMILES string of the molecule is CCCCC1(CCCC)C(O)Sc2c(O)cc(N(C)C)cc2[C@@H](c2ccc(OCCCC[N+]34CCN(CC3)CC4)cc2)[C@H]1O. The molecule has 3 atom stereocenters. The second-order valence-corrected chi connectivity index (χ2v) is 14.9. The number of thioether (sulfide) groups is 1. The van der Waals surface area contributed by atoms with Gasteiger partial charge in [-0.15, -0.1) is 0 Å². The van der Waals surface area contributed by atoms with Crippen LogP contribution in [-0.2, 0) is 0 Å². The molecule has 3 saturated heterocycles. The average Bonchev–Trinajstić information content (AvgIpc) is 3.12. The van der Waals surface area contributed by atoms with Gasteiger partial charge in [0, 0.05) is 56.8 Å². The van der Waals surface area contributed by atoms with Crippen LogP contribution in [0.15, 0.2) is 41.3 Å². The highest BCUT2D eigenvalue weighted by Crippen LogP contribution is 2.56. The van der Waals surface area contributed by atoms with Crippen molar-refractivity contribution in [1.82, 2.24) is 4.90 Å². The third-order valence-corrected chi connectivity index (χ3v) is 12.1. The van der Waals surface area contributed by atoms with E-state index in [1.54, 1.807) is 6.07 Å². The summed E-state index contributed by atoms with van der Waals surface area (Å²) in [5, 5.41) is 35.5. The Morgan fingerprint density at radius 1 is 0.932 bits per heavy atom. The van der Waals surface area contributed by atoms with Gasteiger partial charge in [0.25, 0.3) is 0 Å². The standard InChI is InChI=1S/C36H55N3O4S/c1-5-7-15-36(16-8-6-2)34(41)32(30-25-28(37(3)4)26-31(40)33(30)44-35(36)42)27-11-13-29(14-12-27)43-24-10-9-20-39-21-17-38(18-22-39)19-23-39/h11-14,25-26,32,34-35,41-42H,5-10,15-24H2,1-4H3/p+1/t32-,34-,35?/m1/s1. The van der Waals surface area contributed by atoms with Gasteiger partial charge in [0.2, 0.25) is 0 Å². The molecule has 0 saturated carbocycles. The summed E-state index contributed by atoms with van der Waals surface area (Å²) in [7, 11) is 3.92. The lowest BCUT2D eigenvalue weighted by Gasteiger charge is -2.50. The first-order chi connectivity index (χ1) is 21.2. The maximum atomic E-state index is 12.4. The molecule has 0 spiro atoms. The van der Waals surface area contributed by atoms with Crippen LogP contribution in [0.2, 0.25) is 0 Å². The summed E-state index contributed by atoms with van der Waals surface area (Å²) >= 11 is 1.32. The van der Waals surface area contributed by atoms with Crippen molar-refractivity contribution < 1.29 is 24.5 Å². The zero-order valence-electron chi connectivity index (χ0n) is 27.5. The second kappa shape index (κ2) is 14.6. The number of phenolic OH excluding ortho intramolecular Hbond substituents is 1. The lowest BCUT2D eigenvalue weighted by molar-refractivity contribution is -0.941. The van der Waals surface area contributed by atoms with Crippen LogP contribution in [0.25, 0.3) is 0 Å². The average molecular weight is 627 g/mol. The van der Waals surface area contributed by atoms with E-state index in [0.29, 0.717) is 11.5 Å². The van der Waals surface area contributed by atoms with Crippen molar-refractivity contribution in [2.75, 3.05) is 71.4 Å². The van der Waals surface area contributed by atoms with Gasteiger partial charge in [0.1, 0.15) is 16.9 Å². The molecule has 6 rings (SSSR count). The van der Waals surface area contributed by atoms with Crippen LogP contribution in [0.4, 0.5) is 5.69 Å². The van der Waals surface area contributed by atoms with Gasteiger partial charge in [-0.1, -0.05) is 63.4 Å². The Morgan fingerprint density at radius 3 is 2.16 bits per heavy atom. The van der Waals surface area contributed by atoms with Crippen molar-refractivity contribution >= 4 is 17.4 Å². The normalized spacial score (nSPS) is 27.5. The van der Waals surface area contributed by atoms with Crippen LogP contribution in [-0.4, -0.2) is 103 Å². The quantitative estimate of drug-likeness (QED) is 0.174. The Bertz CT molecular complexity index is 1190. The number of benzene rings is 2. The molecule has 7 nitrogen and oxygen atoms in total. The second-order valence-electron chi connectivity index (χ2n) is 13.8. The number of aromatic hydroxyl groups is 1. The Labute approximate surface area is 269 Å². The fraction of sp³-hybridized carbons (Fsp3) is 0.667. The summed E-state index contributed by atoms with van der Waals surface area (Å²) in [5.74, 6) is 0.617. The van der Waals surface area contributed by atoms with E-state index in [0.717, 1.165) is 67.5 Å². The van der Waals surface area contributed by atoms with Gasteiger partial charge in [0.15, 0.2) is 0 Å². The van der Waals surface area contributed by atoms with Gasteiger partial charge < -0.3 is 29.4 Å². The van der Waals surface area contributed by atoms with Gasteiger partial charge in [-0.3, -0.25) is 4.90 Å². The molecule has 0 radical (unpaired) electrons. The molecule has 0 aliphatic carbocycles. The number of aliphatic hydroxyl groups is 2. The van der Waals surface area contributed by atoms with Crippen molar-refractivity contribution in [2.24, 2.45) is 5.41 Å². The summed E-state index contributed by atoms with van der Waals surface area (Å²) in [6.07, 6.45) is 6.78. The topological polar surface area (TPSA) is 76.4 Å². The number of unbranched alkanes of at least 4 members (excludes halogenated alkanes) is 3. The van der Waals surface area contributed by atoms with E-state index >= 15 is 0 Å². The molecular formula is C36H56N3O4S+. The molecule has 2 aromatic carbocycles. The third kappa shape index (κ3) is 7.05. The molecule has 1 unspecified atom stereocenters. The van der Waals surface area contributed by atoms with E-state index < -0.39 is 17.0 Å². The molecule has 4 aliphatic rings. The van der Waals surface area contributed by atoms with Crippen molar-refractivity contribution in [3.8, 4) is 11.5 Å². The van der Waals surface area contributed by atoms with Crippen LogP contribution >= 0.6 is 11.8 Å². The summed E-state index contributed by atoms with van der Waals surface area (Å²) < 4.78 is 7.50. The van der Waals surface area contributed by atoms with Crippen molar-refractivity contribution in [3.63, 3.8) is 0 Å². The molecular weight excluding hydrogens is 570 g/mol. The molecule has 2 aromatic rings. The number of phenols is 1. The number of piperazine rings is 3. The number of aliphatic hydroxyl groups excluding tert-OH is 2. The highest BCUT2D eigenvalue weighted by atomic mass is 32.2. The maximum absolute atomic E-state index is 12.4. The first-order valence-corrected chi connectivity index (χ1v) is 18.0. The largest absolute Gasteiger partial charge is 0.507 e. The Kier molecular flexibility index (Phi) is 11.1. The van der Waals surface area contributed by atoms with E-state index in [2.05, 4.69) is 36.9 Å². The summed E-state index contributed by atoms with van der Waals surface area (Å²) in [6, 6.07) is 12.0. The number of rotatable bonds is 14. The maximum Gasteiger partial charge on any atom is 0.131 e. The van der Waals surface area contributed by atoms with Crippen LogP contribution in [0.3, 0.4) is 0 Å². The van der Waals surface area contributed by atoms with Crippen LogP contribution in [0.5, 0.6) is 11.5 Å². The number of hydrogen-bond acceptors (Lipinski definition) is 7. The molecule has 8 heteroatoms. The zero-order valence-corrected chi connectivity index (χ0v) is 28.3. The number of nitrogens with zero attached hydrogens (tertiary/aromatic N) is 3. The molecule has 244 valence electrons. The van der Waals surface area contributed by atoms with E-state index in [-0.39, 0.29) is 11.7 Å². The Morgan fingerprint density at radius 2 is 1.57 bits per heavy atom. The van der Waals surface area contributed by atoms with E-state index in [1.807, 2.05) is 31.1 Å². The number of quaternary nitrogens is 1. The fourth-order valence-electron chi connectivity index (χ4n) is 7.73. The van der Waals surface area contributed by atoms with Crippen LogP contribution in [0.1, 0.15) is 82.3 Å². The molecule has 4 heterocycles. The zero-order chi connectivity index (χ0) is 31.3. The predicted molar refractivity (Wildman–Crippen MR) is 181 cm³/mol. The summed E-state index contributed by atoms with van der Waals surface area (Å²) in [5.41, 5.74) is 1.22. The van der Waals surface area contributed by atoms with E-state index in [1.165, 1.54) is 68.5 Å². The van der Waals surface area contributed by atoms with Gasteiger partial charge in [-0.05, 0) is 55.0 Å². The fourth-order valence-corrected chi connectivity index (χ4v) is 9.07.